The standard InChI is InChI=1S/C26H27FN6O2S/c1-14-3-4-15(11-21(14)27)22-8-5-16(12-29-22)20-13-30-33-25(28)24(36(2,34)35)23(32-26(20)33)17-9-18-6-7-19(10-17)31-18/h3-5,8,11-13,17-19,31H,6-7,9-10,28H2,1-2H3. The van der Waals surface area contributed by atoms with Gasteiger partial charge < -0.3 is 11.1 Å². The molecule has 2 fully saturated rings. The lowest BCUT2D eigenvalue weighted by molar-refractivity contribution is 0.355. The minimum atomic E-state index is -3.63. The van der Waals surface area contributed by atoms with Gasteiger partial charge in [-0.15, -0.1) is 0 Å². The zero-order valence-corrected chi connectivity index (χ0v) is 20.9. The summed E-state index contributed by atoms with van der Waals surface area (Å²) >= 11 is 0. The number of fused-ring (bicyclic) bond motifs is 3. The Hall–Kier alpha value is -3.37. The molecule has 36 heavy (non-hydrogen) atoms. The summed E-state index contributed by atoms with van der Waals surface area (Å²) in [6, 6.07) is 9.48. The summed E-state index contributed by atoms with van der Waals surface area (Å²) in [4.78, 5) is 9.51. The summed E-state index contributed by atoms with van der Waals surface area (Å²) in [6.45, 7) is 1.72. The van der Waals surface area contributed by atoms with Gasteiger partial charge in [0.2, 0.25) is 0 Å². The molecule has 186 valence electrons. The van der Waals surface area contributed by atoms with Gasteiger partial charge in [-0.05, 0) is 50.3 Å². The molecule has 0 spiro atoms. The van der Waals surface area contributed by atoms with Crippen LogP contribution in [0.15, 0.2) is 47.6 Å². The molecule has 8 nitrogen and oxygen atoms in total. The second-order valence-electron chi connectivity index (χ2n) is 9.98. The topological polar surface area (TPSA) is 115 Å². The number of halogens is 1. The molecule has 10 heteroatoms. The molecule has 2 aliphatic heterocycles. The van der Waals surface area contributed by atoms with Crippen LogP contribution in [0.1, 0.15) is 42.9 Å². The number of nitrogens with two attached hydrogens (primary N) is 1. The van der Waals surface area contributed by atoms with E-state index in [1.165, 1.54) is 16.8 Å². The summed E-state index contributed by atoms with van der Waals surface area (Å²) in [7, 11) is -3.63. The van der Waals surface area contributed by atoms with Gasteiger partial charge in [0.05, 0.1) is 17.6 Å². The molecular formula is C26H27FN6O2S. The SMILES string of the molecule is Cc1ccc(-c2ccc(-c3cnn4c(N)c(S(C)(=O)=O)c(C5CC6CCC(C5)N6)nc34)cn2)cc1F. The van der Waals surface area contributed by atoms with E-state index in [-0.39, 0.29) is 22.4 Å². The third kappa shape index (κ3) is 3.84. The molecule has 3 N–H and O–H groups in total. The lowest BCUT2D eigenvalue weighted by atomic mass is 9.89. The van der Waals surface area contributed by atoms with Crippen molar-refractivity contribution in [2.75, 3.05) is 12.0 Å². The first-order chi connectivity index (χ1) is 17.2. The number of sulfone groups is 1. The highest BCUT2D eigenvalue weighted by Crippen LogP contribution is 2.41. The fraction of sp³-hybridized carbons (Fsp3) is 0.346. The quantitative estimate of drug-likeness (QED) is 0.431. The third-order valence-electron chi connectivity index (χ3n) is 7.44. The minimum Gasteiger partial charge on any atom is -0.382 e. The molecule has 6 rings (SSSR count). The molecule has 3 aromatic heterocycles. The van der Waals surface area contributed by atoms with Crippen molar-refractivity contribution in [3.05, 3.63) is 59.8 Å². The van der Waals surface area contributed by atoms with E-state index >= 15 is 0 Å². The molecule has 4 aromatic rings. The number of hydrogen-bond acceptors (Lipinski definition) is 7. The van der Waals surface area contributed by atoms with Crippen molar-refractivity contribution >= 4 is 21.3 Å². The fourth-order valence-corrected chi connectivity index (χ4v) is 6.69. The molecule has 2 aliphatic rings. The molecule has 2 saturated heterocycles. The maximum atomic E-state index is 14.0. The van der Waals surface area contributed by atoms with Gasteiger partial charge in [0, 0.05) is 47.1 Å². The van der Waals surface area contributed by atoms with E-state index in [0.29, 0.717) is 45.8 Å². The van der Waals surface area contributed by atoms with Crippen LogP contribution >= 0.6 is 0 Å². The molecule has 0 saturated carbocycles. The van der Waals surface area contributed by atoms with E-state index in [1.807, 2.05) is 18.2 Å². The molecule has 5 heterocycles. The molecule has 0 aliphatic carbocycles. The van der Waals surface area contributed by atoms with Crippen LogP contribution in [-0.4, -0.2) is 46.3 Å². The lowest BCUT2D eigenvalue weighted by Gasteiger charge is -2.30. The first-order valence-electron chi connectivity index (χ1n) is 12.0. The smallest absolute Gasteiger partial charge is 0.180 e. The van der Waals surface area contributed by atoms with E-state index in [9.17, 15) is 12.8 Å². The van der Waals surface area contributed by atoms with Crippen LogP contribution in [-0.2, 0) is 9.84 Å². The first kappa shape index (κ1) is 23.1. The summed E-state index contributed by atoms with van der Waals surface area (Å²) in [5.41, 5.74) is 10.8. The van der Waals surface area contributed by atoms with Crippen molar-refractivity contribution in [2.45, 2.75) is 55.5 Å². The molecular weight excluding hydrogens is 479 g/mol. The number of nitrogen functional groups attached to an aromatic ring is 1. The monoisotopic (exact) mass is 506 g/mol. The van der Waals surface area contributed by atoms with Crippen LogP contribution < -0.4 is 11.1 Å². The normalized spacial score (nSPS) is 21.8. The zero-order valence-electron chi connectivity index (χ0n) is 20.1. The van der Waals surface area contributed by atoms with Gasteiger partial charge in [-0.1, -0.05) is 18.2 Å². The highest BCUT2D eigenvalue weighted by atomic mass is 32.2. The summed E-state index contributed by atoms with van der Waals surface area (Å²) in [6.07, 6.45) is 8.33. The van der Waals surface area contributed by atoms with Crippen LogP contribution in [0.5, 0.6) is 0 Å². The molecule has 2 bridgehead atoms. The van der Waals surface area contributed by atoms with Gasteiger partial charge in [0.1, 0.15) is 16.5 Å². The molecule has 0 amide bonds. The summed E-state index contributed by atoms with van der Waals surface area (Å²) < 4.78 is 41.1. The first-order valence-corrected chi connectivity index (χ1v) is 13.9. The second-order valence-corrected chi connectivity index (χ2v) is 11.9. The number of rotatable bonds is 4. The maximum Gasteiger partial charge on any atom is 0.180 e. The Morgan fingerprint density at radius 2 is 1.81 bits per heavy atom. The van der Waals surface area contributed by atoms with Crippen LogP contribution in [0.2, 0.25) is 0 Å². The predicted molar refractivity (Wildman–Crippen MR) is 136 cm³/mol. The van der Waals surface area contributed by atoms with Gasteiger partial charge in [0.25, 0.3) is 0 Å². The minimum absolute atomic E-state index is 0.000426. The van der Waals surface area contributed by atoms with Crippen LogP contribution in [0.4, 0.5) is 10.2 Å². The Labute approximate surface area is 208 Å². The van der Waals surface area contributed by atoms with Crippen molar-refractivity contribution < 1.29 is 12.8 Å². The van der Waals surface area contributed by atoms with E-state index in [2.05, 4.69) is 15.4 Å². The van der Waals surface area contributed by atoms with Gasteiger partial charge in [-0.25, -0.2) is 17.8 Å². The van der Waals surface area contributed by atoms with Gasteiger partial charge in [0.15, 0.2) is 15.5 Å². The fourth-order valence-electron chi connectivity index (χ4n) is 5.64. The number of nitrogens with one attached hydrogen (secondary N) is 1. The van der Waals surface area contributed by atoms with Crippen molar-refractivity contribution in [1.29, 1.82) is 0 Å². The number of pyridine rings is 1. The zero-order chi connectivity index (χ0) is 25.2. The summed E-state index contributed by atoms with van der Waals surface area (Å²) in [5.74, 6) is -0.198. The molecule has 0 radical (unpaired) electrons. The van der Waals surface area contributed by atoms with Crippen molar-refractivity contribution in [2.24, 2.45) is 0 Å². The average Bonchev–Trinajstić information content (AvgIpc) is 3.42. The Morgan fingerprint density at radius 3 is 2.44 bits per heavy atom. The Balaban J connectivity index is 1.45. The number of benzene rings is 1. The number of aromatic nitrogens is 4. The van der Waals surface area contributed by atoms with Gasteiger partial charge in [-0.3, -0.25) is 4.98 Å². The maximum absolute atomic E-state index is 14.0. The van der Waals surface area contributed by atoms with Gasteiger partial charge >= 0.3 is 0 Å². The average molecular weight is 507 g/mol. The largest absolute Gasteiger partial charge is 0.382 e. The van der Waals surface area contributed by atoms with Crippen molar-refractivity contribution in [3.8, 4) is 22.4 Å². The van der Waals surface area contributed by atoms with Crippen LogP contribution in [0.3, 0.4) is 0 Å². The summed E-state index contributed by atoms with van der Waals surface area (Å²) in [5, 5.41) is 7.97. The van der Waals surface area contributed by atoms with Gasteiger partial charge in [-0.2, -0.15) is 9.61 Å². The molecule has 2 unspecified atom stereocenters. The molecule has 2 atom stereocenters. The Morgan fingerprint density at radius 1 is 1.08 bits per heavy atom. The van der Waals surface area contributed by atoms with E-state index in [0.717, 1.165) is 31.2 Å². The Kier molecular flexibility index (Phi) is 5.34. The number of piperidine rings is 1. The second kappa shape index (κ2) is 8.35. The lowest BCUT2D eigenvalue weighted by Crippen LogP contribution is -2.38. The number of aryl methyl sites for hydroxylation is 1. The van der Waals surface area contributed by atoms with Crippen LogP contribution in [0.25, 0.3) is 28.0 Å². The van der Waals surface area contributed by atoms with E-state index in [1.54, 1.807) is 25.4 Å². The number of nitrogens with zero attached hydrogens (tertiary/aromatic N) is 4. The van der Waals surface area contributed by atoms with E-state index in [4.69, 9.17) is 10.7 Å². The number of hydrogen-bond donors (Lipinski definition) is 2. The predicted octanol–water partition coefficient (Wildman–Crippen LogP) is 3.89. The third-order valence-corrected chi connectivity index (χ3v) is 8.60. The van der Waals surface area contributed by atoms with Crippen molar-refractivity contribution in [3.63, 3.8) is 0 Å². The van der Waals surface area contributed by atoms with E-state index < -0.39 is 9.84 Å². The van der Waals surface area contributed by atoms with Crippen molar-refractivity contribution in [1.82, 2.24) is 24.9 Å². The molecule has 1 aromatic carbocycles. The van der Waals surface area contributed by atoms with Crippen LogP contribution in [0, 0.1) is 12.7 Å². The highest BCUT2D eigenvalue weighted by molar-refractivity contribution is 7.91. The Bertz CT molecular complexity index is 1590. The number of anilines is 1. The highest BCUT2D eigenvalue weighted by Gasteiger charge is 2.38.